The molecule has 7 aliphatic rings. The number of rotatable bonds is 8. The van der Waals surface area contributed by atoms with Crippen LogP contribution in [0.4, 0.5) is 0 Å². The van der Waals surface area contributed by atoms with E-state index in [1.807, 2.05) is 35.2 Å². The lowest BCUT2D eigenvalue weighted by Gasteiger charge is -2.71. The molecule has 1 saturated heterocycles. The number of aliphatic hydroxyl groups is 1. The Kier molecular flexibility index (Phi) is 10.3. The van der Waals surface area contributed by atoms with E-state index in [0.717, 1.165) is 55.5 Å². The van der Waals surface area contributed by atoms with Gasteiger partial charge in [0.1, 0.15) is 6.61 Å². The highest BCUT2D eigenvalue weighted by Gasteiger charge is 2.68. The summed E-state index contributed by atoms with van der Waals surface area (Å²) in [5.74, 6) is 3.61. The molecular weight excluding hydrogens is 669 g/mol. The van der Waals surface area contributed by atoms with Gasteiger partial charge in [0.15, 0.2) is 0 Å². The lowest BCUT2D eigenvalue weighted by Crippen LogP contribution is -2.67. The van der Waals surface area contributed by atoms with Crippen LogP contribution in [-0.2, 0) is 20.9 Å². The maximum atomic E-state index is 13.0. The SMILES string of the molecule is CC(=O)N1CCC(O)(CCN[C@]23CCC[C@@H]2[C@H]2CCC4[C@@]5(C)CC=C(C6=CC[C@H](C(=O)OCc7ccccc7)CC6)C(C)C5CC[C@@]4(C)[C@]2(C)CC3)CC1. The summed E-state index contributed by atoms with van der Waals surface area (Å²) in [6.07, 6.45) is 23.1. The van der Waals surface area contributed by atoms with E-state index in [-0.39, 0.29) is 23.3 Å². The van der Waals surface area contributed by atoms with Crippen LogP contribution in [0.25, 0.3) is 0 Å². The Balaban J connectivity index is 0.920. The van der Waals surface area contributed by atoms with Gasteiger partial charge in [-0.05, 0) is 165 Å². The van der Waals surface area contributed by atoms with E-state index in [0.29, 0.717) is 60.6 Å². The van der Waals surface area contributed by atoms with Crippen molar-refractivity contribution in [1.82, 2.24) is 10.2 Å². The van der Waals surface area contributed by atoms with Crippen molar-refractivity contribution in [1.29, 1.82) is 0 Å². The zero-order valence-electron chi connectivity index (χ0n) is 34.3. The van der Waals surface area contributed by atoms with Gasteiger partial charge in [-0.3, -0.25) is 9.59 Å². The molecule has 8 rings (SSSR count). The van der Waals surface area contributed by atoms with Crippen LogP contribution in [0.3, 0.4) is 0 Å². The molecule has 1 amide bonds. The van der Waals surface area contributed by atoms with Crippen LogP contribution >= 0.6 is 0 Å². The second-order valence-corrected chi connectivity index (χ2v) is 20.2. The van der Waals surface area contributed by atoms with Crippen molar-refractivity contribution in [3.8, 4) is 0 Å². The van der Waals surface area contributed by atoms with E-state index >= 15 is 0 Å². The minimum Gasteiger partial charge on any atom is -0.461 e. The summed E-state index contributed by atoms with van der Waals surface area (Å²) in [5.41, 5.74) is 4.78. The van der Waals surface area contributed by atoms with Gasteiger partial charge >= 0.3 is 5.97 Å². The van der Waals surface area contributed by atoms with E-state index < -0.39 is 5.60 Å². The molecule has 6 nitrogen and oxygen atoms in total. The maximum Gasteiger partial charge on any atom is 0.309 e. The molecule has 1 aromatic carbocycles. The Morgan fingerprint density at radius 3 is 2.37 bits per heavy atom. The quantitative estimate of drug-likeness (QED) is 0.260. The maximum absolute atomic E-state index is 13.0. The standard InChI is InChI=1S/C48H70N2O4/c1-33-38(36-13-15-37(16-14-36)43(52)54-32-35-10-7-6-8-11-35)19-22-44(3)39(33)20-23-46(5)42(44)18-17-40-41-12-9-21-48(41,25-24-45(40,46)4)49-29-26-47(53)27-30-50(31-28-47)34(2)51/h6-8,10-11,13,19,33,37,39-42,49,53H,9,12,14-18,20-32H2,1-5H3/t33?,37-,39?,40+,41+,42?,44-,45+,46+,48-/m0/s1. The molecule has 1 aromatic rings. The van der Waals surface area contributed by atoms with Crippen LogP contribution < -0.4 is 5.32 Å². The largest absolute Gasteiger partial charge is 0.461 e. The van der Waals surface area contributed by atoms with Crippen LogP contribution in [0.2, 0.25) is 0 Å². The topological polar surface area (TPSA) is 78.9 Å². The number of hydrogen-bond donors (Lipinski definition) is 2. The molecule has 1 heterocycles. The van der Waals surface area contributed by atoms with Crippen molar-refractivity contribution in [2.45, 2.75) is 155 Å². The van der Waals surface area contributed by atoms with Crippen molar-refractivity contribution in [3.63, 3.8) is 0 Å². The molecule has 1 aliphatic heterocycles. The second kappa shape index (κ2) is 14.5. The number of likely N-dealkylation sites (tertiary alicyclic amines) is 1. The van der Waals surface area contributed by atoms with Gasteiger partial charge in [-0.2, -0.15) is 0 Å². The average Bonchev–Trinajstić information content (AvgIpc) is 3.59. The first-order valence-electron chi connectivity index (χ1n) is 22.1. The summed E-state index contributed by atoms with van der Waals surface area (Å²) in [4.78, 5) is 26.7. The van der Waals surface area contributed by atoms with Crippen LogP contribution in [0, 0.1) is 51.8 Å². The van der Waals surface area contributed by atoms with Crippen molar-refractivity contribution >= 4 is 11.9 Å². The van der Waals surface area contributed by atoms with Gasteiger partial charge in [0, 0.05) is 25.6 Å². The van der Waals surface area contributed by atoms with Crippen LogP contribution in [-0.4, -0.2) is 52.7 Å². The van der Waals surface area contributed by atoms with Crippen molar-refractivity contribution in [2.75, 3.05) is 19.6 Å². The second-order valence-electron chi connectivity index (χ2n) is 20.2. The number of piperidine rings is 1. The van der Waals surface area contributed by atoms with Crippen LogP contribution in [0.15, 0.2) is 53.6 Å². The van der Waals surface area contributed by atoms with Crippen molar-refractivity contribution < 1.29 is 19.4 Å². The van der Waals surface area contributed by atoms with E-state index in [2.05, 4.69) is 45.2 Å². The summed E-state index contributed by atoms with van der Waals surface area (Å²) in [6, 6.07) is 10.0. The highest BCUT2D eigenvalue weighted by atomic mass is 16.5. The average molecular weight is 739 g/mol. The Labute approximate surface area is 326 Å². The van der Waals surface area contributed by atoms with E-state index in [1.54, 1.807) is 12.5 Å². The van der Waals surface area contributed by atoms with Gasteiger partial charge in [-0.15, -0.1) is 0 Å². The number of ether oxygens (including phenoxy) is 1. The fourth-order valence-corrected chi connectivity index (χ4v) is 14.7. The highest BCUT2D eigenvalue weighted by Crippen LogP contribution is 2.75. The third-order valence-corrected chi connectivity index (χ3v) is 18.1. The number of carbonyl (C=O) groups excluding carboxylic acids is 2. The predicted molar refractivity (Wildman–Crippen MR) is 215 cm³/mol. The fraction of sp³-hybridized carbons (Fsp3) is 0.750. The van der Waals surface area contributed by atoms with Crippen molar-refractivity contribution in [3.05, 3.63) is 59.2 Å². The highest BCUT2D eigenvalue weighted by molar-refractivity contribution is 5.73. The molecule has 6 heteroatoms. The molecule has 10 atom stereocenters. The first-order chi connectivity index (χ1) is 25.8. The molecule has 5 fully saturated rings. The van der Waals surface area contributed by atoms with E-state index in [9.17, 15) is 14.7 Å². The number of hydrogen-bond acceptors (Lipinski definition) is 5. The predicted octanol–water partition coefficient (Wildman–Crippen LogP) is 9.56. The number of esters is 1. The summed E-state index contributed by atoms with van der Waals surface area (Å²) in [6.45, 7) is 15.0. The zero-order chi connectivity index (χ0) is 37.9. The Hall–Kier alpha value is -2.44. The normalized spacial score (nSPS) is 41.3. The molecule has 54 heavy (non-hydrogen) atoms. The summed E-state index contributed by atoms with van der Waals surface area (Å²) in [5, 5.41) is 15.6. The first kappa shape index (κ1) is 38.4. The number of allylic oxidation sites excluding steroid dienone is 4. The number of benzene rings is 1. The van der Waals surface area contributed by atoms with Gasteiger partial charge in [0.25, 0.3) is 0 Å². The molecular formula is C48H70N2O4. The van der Waals surface area contributed by atoms with E-state index in [1.165, 1.54) is 69.8 Å². The molecule has 0 radical (unpaired) electrons. The number of nitrogens with one attached hydrogen (secondary N) is 1. The monoisotopic (exact) mass is 739 g/mol. The number of carbonyl (C=O) groups is 2. The summed E-state index contributed by atoms with van der Waals surface area (Å²) >= 11 is 0. The molecule has 0 spiro atoms. The minimum absolute atomic E-state index is 0.0267. The first-order valence-corrected chi connectivity index (χ1v) is 22.1. The lowest BCUT2D eigenvalue weighted by molar-refractivity contribution is -0.212. The molecule has 4 saturated carbocycles. The molecule has 3 unspecified atom stereocenters. The van der Waals surface area contributed by atoms with Crippen molar-refractivity contribution in [2.24, 2.45) is 51.8 Å². The fourth-order valence-electron chi connectivity index (χ4n) is 14.7. The Morgan fingerprint density at radius 1 is 0.870 bits per heavy atom. The third-order valence-electron chi connectivity index (χ3n) is 18.1. The zero-order valence-corrected chi connectivity index (χ0v) is 34.3. The van der Waals surface area contributed by atoms with Gasteiger partial charge < -0.3 is 20.1 Å². The van der Waals surface area contributed by atoms with Gasteiger partial charge in [-0.25, -0.2) is 0 Å². The molecule has 2 N–H and O–H groups in total. The minimum atomic E-state index is -0.648. The number of nitrogens with zero attached hydrogens (tertiary/aromatic N) is 1. The summed E-state index contributed by atoms with van der Waals surface area (Å²) < 4.78 is 5.73. The van der Waals surface area contributed by atoms with Gasteiger partial charge in [0.2, 0.25) is 5.91 Å². The van der Waals surface area contributed by atoms with Gasteiger partial charge in [0.05, 0.1) is 11.5 Å². The number of fused-ring (bicyclic) bond motifs is 7. The summed E-state index contributed by atoms with van der Waals surface area (Å²) in [7, 11) is 0. The molecule has 6 aliphatic carbocycles. The van der Waals surface area contributed by atoms with E-state index in [4.69, 9.17) is 4.74 Å². The Morgan fingerprint density at radius 2 is 1.65 bits per heavy atom. The lowest BCUT2D eigenvalue weighted by atomic mass is 9.34. The third kappa shape index (κ3) is 6.45. The van der Waals surface area contributed by atoms with Gasteiger partial charge in [-0.1, -0.05) is 76.6 Å². The molecule has 0 aromatic heterocycles. The molecule has 0 bridgehead atoms. The molecule has 296 valence electrons. The number of amides is 1. The van der Waals surface area contributed by atoms with Crippen LogP contribution in [0.5, 0.6) is 0 Å². The Bertz CT molecular complexity index is 1630. The van der Waals surface area contributed by atoms with Crippen LogP contribution in [0.1, 0.15) is 143 Å². The smallest absolute Gasteiger partial charge is 0.309 e.